The van der Waals surface area contributed by atoms with Crippen LogP contribution < -0.4 is 10.6 Å². The van der Waals surface area contributed by atoms with Crippen molar-refractivity contribution < 1.29 is 4.79 Å². The minimum Gasteiger partial charge on any atom is -0.354 e. The zero-order valence-corrected chi connectivity index (χ0v) is 19.4. The van der Waals surface area contributed by atoms with E-state index in [4.69, 9.17) is 0 Å². The first-order valence-electron chi connectivity index (χ1n) is 8.45. The number of rotatable bonds is 7. The van der Waals surface area contributed by atoms with Gasteiger partial charge in [0.2, 0.25) is 5.91 Å². The summed E-state index contributed by atoms with van der Waals surface area (Å²) < 4.78 is 0. The summed E-state index contributed by atoms with van der Waals surface area (Å²) in [6, 6.07) is 4.42. The monoisotopic (exact) mass is 480 g/mol. The Labute approximate surface area is 173 Å². The van der Waals surface area contributed by atoms with E-state index in [1.165, 1.54) is 4.88 Å². The molecule has 25 heavy (non-hydrogen) atoms. The summed E-state index contributed by atoms with van der Waals surface area (Å²) in [6.07, 6.45) is 2.20. The largest absolute Gasteiger partial charge is 0.354 e. The number of carbonyl (C=O) groups excluding carboxylic acids is 1. The van der Waals surface area contributed by atoms with Crippen molar-refractivity contribution in [2.45, 2.75) is 53.1 Å². The van der Waals surface area contributed by atoms with Crippen LogP contribution in [0.3, 0.4) is 0 Å². The number of guanidine groups is 1. The average molecular weight is 480 g/mol. The number of amides is 1. The highest BCUT2D eigenvalue weighted by Gasteiger charge is 2.14. The lowest BCUT2D eigenvalue weighted by Gasteiger charge is -2.23. The molecule has 0 aliphatic carbocycles. The molecule has 0 fully saturated rings. The smallest absolute Gasteiger partial charge is 0.243 e. The molecule has 0 aliphatic heterocycles. The Balaban J connectivity index is 0.00000576. The zero-order chi connectivity index (χ0) is 18.2. The quantitative estimate of drug-likeness (QED) is 0.356. The van der Waals surface area contributed by atoms with Crippen LogP contribution in [0.2, 0.25) is 0 Å². The van der Waals surface area contributed by atoms with E-state index in [0.29, 0.717) is 24.0 Å². The van der Waals surface area contributed by atoms with Gasteiger partial charge in [0.25, 0.3) is 0 Å². The van der Waals surface area contributed by atoms with Crippen LogP contribution in [0.1, 0.15) is 45.4 Å². The molecule has 1 unspecified atom stereocenters. The molecular weight excluding hydrogens is 447 g/mol. The van der Waals surface area contributed by atoms with E-state index in [0.717, 1.165) is 12.8 Å². The maximum absolute atomic E-state index is 11.8. The first kappa shape index (κ1) is 24.2. The van der Waals surface area contributed by atoms with Crippen LogP contribution in [-0.4, -0.2) is 43.4 Å². The molecule has 1 aromatic heterocycles. The van der Waals surface area contributed by atoms with E-state index < -0.39 is 0 Å². The second-order valence-electron chi connectivity index (χ2n) is 7.53. The maximum atomic E-state index is 11.8. The molecule has 1 rings (SSSR count). The minimum absolute atomic E-state index is 0. The highest BCUT2D eigenvalue weighted by molar-refractivity contribution is 14.0. The summed E-state index contributed by atoms with van der Waals surface area (Å²) in [5.41, 5.74) is 0.318. The minimum atomic E-state index is -0.00503. The Kier molecular flexibility index (Phi) is 11.3. The van der Waals surface area contributed by atoms with Gasteiger partial charge in [0, 0.05) is 25.0 Å². The summed E-state index contributed by atoms with van der Waals surface area (Å²) in [7, 11) is 3.49. The van der Waals surface area contributed by atoms with Crippen LogP contribution in [0.4, 0.5) is 0 Å². The number of carbonyl (C=O) groups is 1. The number of hydrogen-bond acceptors (Lipinski definition) is 3. The van der Waals surface area contributed by atoms with Crippen LogP contribution >= 0.6 is 35.3 Å². The van der Waals surface area contributed by atoms with Crippen LogP contribution in [0.5, 0.6) is 0 Å². The number of halogens is 1. The predicted molar refractivity (Wildman–Crippen MR) is 119 cm³/mol. The Morgan fingerprint density at radius 3 is 2.56 bits per heavy atom. The van der Waals surface area contributed by atoms with Gasteiger partial charge >= 0.3 is 0 Å². The van der Waals surface area contributed by atoms with E-state index in [1.807, 2.05) is 6.07 Å². The molecular formula is C18H33IN4OS. The molecule has 0 saturated carbocycles. The number of hydrogen-bond donors (Lipinski definition) is 2. The van der Waals surface area contributed by atoms with E-state index in [2.05, 4.69) is 54.8 Å². The third-order valence-electron chi connectivity index (χ3n) is 3.59. The molecule has 1 amide bonds. The first-order chi connectivity index (χ1) is 11.2. The van der Waals surface area contributed by atoms with Crippen molar-refractivity contribution in [2.24, 2.45) is 10.4 Å². The molecule has 0 saturated heterocycles. The first-order valence-corrected chi connectivity index (χ1v) is 9.33. The van der Waals surface area contributed by atoms with Gasteiger partial charge in [-0.25, -0.2) is 4.99 Å². The SMILES string of the molecule is CC(CCC(C)(C)C)NC(=NCC(=O)N(C)C)NCc1cccs1.I. The molecule has 5 nitrogen and oxygen atoms in total. The molecule has 0 spiro atoms. The van der Waals surface area contributed by atoms with Crippen molar-refractivity contribution in [1.29, 1.82) is 0 Å². The third kappa shape index (κ3) is 11.4. The highest BCUT2D eigenvalue weighted by atomic mass is 127. The Bertz CT molecular complexity index is 524. The highest BCUT2D eigenvalue weighted by Crippen LogP contribution is 2.21. The molecule has 0 bridgehead atoms. The molecule has 2 N–H and O–H groups in total. The zero-order valence-electron chi connectivity index (χ0n) is 16.3. The van der Waals surface area contributed by atoms with Gasteiger partial charge in [0.1, 0.15) is 6.54 Å². The molecule has 1 aromatic rings. The van der Waals surface area contributed by atoms with E-state index in [1.54, 1.807) is 30.3 Å². The second-order valence-corrected chi connectivity index (χ2v) is 8.56. The molecule has 0 radical (unpaired) electrons. The van der Waals surface area contributed by atoms with Gasteiger partial charge in [-0.05, 0) is 36.6 Å². The lowest BCUT2D eigenvalue weighted by atomic mass is 9.89. The molecule has 7 heteroatoms. The fourth-order valence-electron chi connectivity index (χ4n) is 1.98. The Morgan fingerprint density at radius 2 is 2.04 bits per heavy atom. The number of nitrogens with zero attached hydrogens (tertiary/aromatic N) is 2. The number of aliphatic imine (C=N–C) groups is 1. The van der Waals surface area contributed by atoms with Gasteiger partial charge in [-0.15, -0.1) is 35.3 Å². The standard InChI is InChI=1S/C18H32N4OS.HI/c1-14(9-10-18(2,3)4)21-17(20-13-16(23)22(5)6)19-12-15-8-7-11-24-15;/h7-8,11,14H,9-10,12-13H2,1-6H3,(H2,19,20,21);1H. The summed E-state index contributed by atoms with van der Waals surface area (Å²) in [5.74, 6) is 0.689. The fraction of sp³-hybridized carbons (Fsp3) is 0.667. The molecule has 1 atom stereocenters. The van der Waals surface area contributed by atoms with Crippen molar-refractivity contribution in [3.05, 3.63) is 22.4 Å². The van der Waals surface area contributed by atoms with Gasteiger partial charge in [0.15, 0.2) is 5.96 Å². The topological polar surface area (TPSA) is 56.7 Å². The molecule has 0 aromatic carbocycles. The Hall–Kier alpha value is -0.830. The lowest BCUT2D eigenvalue weighted by Crippen LogP contribution is -2.42. The van der Waals surface area contributed by atoms with Crippen molar-refractivity contribution in [3.8, 4) is 0 Å². The molecule has 144 valence electrons. The van der Waals surface area contributed by atoms with Crippen LogP contribution in [0.15, 0.2) is 22.5 Å². The predicted octanol–water partition coefficient (Wildman–Crippen LogP) is 3.70. The van der Waals surface area contributed by atoms with Crippen LogP contribution in [0, 0.1) is 5.41 Å². The summed E-state index contributed by atoms with van der Waals surface area (Å²) >= 11 is 1.71. The number of likely N-dealkylation sites (N-methyl/N-ethyl adjacent to an activating group) is 1. The van der Waals surface area contributed by atoms with Gasteiger partial charge in [0.05, 0.1) is 6.54 Å². The normalized spacial score (nSPS) is 13.0. The van der Waals surface area contributed by atoms with Gasteiger partial charge in [-0.3, -0.25) is 4.79 Å². The second kappa shape index (κ2) is 11.7. The number of thiophene rings is 1. The fourth-order valence-corrected chi connectivity index (χ4v) is 2.62. The summed E-state index contributed by atoms with van der Waals surface area (Å²) in [5, 5.41) is 8.80. The van der Waals surface area contributed by atoms with Crippen LogP contribution in [0.25, 0.3) is 0 Å². The molecule has 0 aliphatic rings. The van der Waals surface area contributed by atoms with E-state index in [9.17, 15) is 4.79 Å². The van der Waals surface area contributed by atoms with Crippen molar-refractivity contribution in [2.75, 3.05) is 20.6 Å². The van der Waals surface area contributed by atoms with Gasteiger partial charge in [-0.2, -0.15) is 0 Å². The summed E-state index contributed by atoms with van der Waals surface area (Å²) in [6.45, 7) is 9.77. The van der Waals surface area contributed by atoms with Gasteiger partial charge in [-0.1, -0.05) is 26.8 Å². The van der Waals surface area contributed by atoms with Crippen LogP contribution in [-0.2, 0) is 11.3 Å². The lowest BCUT2D eigenvalue weighted by molar-refractivity contribution is -0.127. The molecule has 1 heterocycles. The van der Waals surface area contributed by atoms with Gasteiger partial charge < -0.3 is 15.5 Å². The van der Waals surface area contributed by atoms with Crippen molar-refractivity contribution in [1.82, 2.24) is 15.5 Å². The number of nitrogens with one attached hydrogen (secondary N) is 2. The Morgan fingerprint density at radius 1 is 1.36 bits per heavy atom. The average Bonchev–Trinajstić information content (AvgIpc) is 3.00. The van der Waals surface area contributed by atoms with Crippen molar-refractivity contribution in [3.63, 3.8) is 0 Å². The van der Waals surface area contributed by atoms with E-state index in [-0.39, 0.29) is 36.4 Å². The van der Waals surface area contributed by atoms with Crippen molar-refractivity contribution >= 4 is 47.2 Å². The third-order valence-corrected chi connectivity index (χ3v) is 4.47. The summed E-state index contributed by atoms with van der Waals surface area (Å²) in [4.78, 5) is 19.0. The van der Waals surface area contributed by atoms with E-state index >= 15 is 0 Å². The maximum Gasteiger partial charge on any atom is 0.243 e.